The van der Waals surface area contributed by atoms with Gasteiger partial charge in [-0.15, -0.1) is 11.3 Å². The van der Waals surface area contributed by atoms with Crippen LogP contribution in [0.15, 0.2) is 40.6 Å². The number of benzene rings is 1. The van der Waals surface area contributed by atoms with Crippen molar-refractivity contribution in [2.75, 3.05) is 7.11 Å². The van der Waals surface area contributed by atoms with E-state index in [1.54, 1.807) is 12.1 Å². The molecule has 0 aliphatic carbocycles. The number of ether oxygens (including phenoxy) is 1. The lowest BCUT2D eigenvalue weighted by Crippen LogP contribution is -2.25. The number of carbonyl (C=O) groups is 1. The van der Waals surface area contributed by atoms with E-state index in [1.807, 2.05) is 5.38 Å². The predicted octanol–water partition coefficient (Wildman–Crippen LogP) is 2.15. The van der Waals surface area contributed by atoms with Crippen LogP contribution in [0.25, 0.3) is 0 Å². The molecule has 5 nitrogen and oxygen atoms in total. The summed E-state index contributed by atoms with van der Waals surface area (Å²) in [4.78, 5) is 12.0. The standard InChI is InChI=1S/C13H12FNO4S2/c1-19-13(16)11-5-4-9(14)7-12(11)21(17,18)15-8-10-3-2-6-20-10/h2-7,15H,8H2,1H3. The van der Waals surface area contributed by atoms with E-state index in [2.05, 4.69) is 9.46 Å². The third-order valence-electron chi connectivity index (χ3n) is 2.66. The van der Waals surface area contributed by atoms with Crippen molar-refractivity contribution in [3.63, 3.8) is 0 Å². The van der Waals surface area contributed by atoms with E-state index in [9.17, 15) is 17.6 Å². The molecule has 0 fully saturated rings. The highest BCUT2D eigenvalue weighted by molar-refractivity contribution is 7.89. The van der Waals surface area contributed by atoms with Crippen LogP contribution in [0, 0.1) is 5.82 Å². The Kier molecular flexibility index (Phi) is 4.71. The third-order valence-corrected chi connectivity index (χ3v) is 4.97. The van der Waals surface area contributed by atoms with Crippen molar-refractivity contribution >= 4 is 27.3 Å². The lowest BCUT2D eigenvalue weighted by molar-refractivity contribution is 0.0596. The van der Waals surface area contributed by atoms with Crippen LogP contribution in [-0.4, -0.2) is 21.5 Å². The van der Waals surface area contributed by atoms with Crippen molar-refractivity contribution in [2.45, 2.75) is 11.4 Å². The van der Waals surface area contributed by atoms with Gasteiger partial charge in [0.2, 0.25) is 10.0 Å². The lowest BCUT2D eigenvalue weighted by atomic mass is 10.2. The number of esters is 1. The first-order valence-corrected chi connectivity index (χ1v) is 8.20. The summed E-state index contributed by atoms with van der Waals surface area (Å²) in [6.45, 7) is 0.0666. The van der Waals surface area contributed by atoms with E-state index >= 15 is 0 Å². The predicted molar refractivity (Wildman–Crippen MR) is 76.1 cm³/mol. The highest BCUT2D eigenvalue weighted by Crippen LogP contribution is 2.19. The number of hydrogen-bond donors (Lipinski definition) is 1. The monoisotopic (exact) mass is 329 g/mol. The lowest BCUT2D eigenvalue weighted by Gasteiger charge is -2.10. The minimum atomic E-state index is -4.03. The van der Waals surface area contributed by atoms with Crippen LogP contribution in [0.3, 0.4) is 0 Å². The number of nitrogens with one attached hydrogen (secondary N) is 1. The molecule has 1 heterocycles. The summed E-state index contributed by atoms with van der Waals surface area (Å²) >= 11 is 1.38. The first-order chi connectivity index (χ1) is 9.94. The molecule has 0 bridgehead atoms. The number of hydrogen-bond acceptors (Lipinski definition) is 5. The molecule has 112 valence electrons. The maximum Gasteiger partial charge on any atom is 0.339 e. The van der Waals surface area contributed by atoms with Crippen molar-refractivity contribution in [1.82, 2.24) is 4.72 Å². The van der Waals surface area contributed by atoms with Gasteiger partial charge in [-0.1, -0.05) is 6.07 Å². The molecule has 2 rings (SSSR count). The summed E-state index contributed by atoms with van der Waals surface area (Å²) in [5, 5.41) is 1.81. The van der Waals surface area contributed by atoms with Crippen molar-refractivity contribution in [3.05, 3.63) is 52.0 Å². The second-order valence-corrected chi connectivity index (χ2v) is 6.80. The molecule has 0 spiro atoms. The van der Waals surface area contributed by atoms with Gasteiger partial charge in [0.05, 0.1) is 17.6 Å². The number of halogens is 1. The Balaban J connectivity index is 2.34. The maximum absolute atomic E-state index is 13.3. The van der Waals surface area contributed by atoms with Crippen LogP contribution in [0.5, 0.6) is 0 Å². The molecule has 21 heavy (non-hydrogen) atoms. The smallest absolute Gasteiger partial charge is 0.339 e. The Labute approximate surface area is 125 Å². The summed E-state index contributed by atoms with van der Waals surface area (Å²) < 4.78 is 44.6. The highest BCUT2D eigenvalue weighted by Gasteiger charge is 2.23. The molecule has 0 amide bonds. The maximum atomic E-state index is 13.3. The molecule has 2 aromatic rings. The van der Waals surface area contributed by atoms with E-state index in [4.69, 9.17) is 0 Å². The number of rotatable bonds is 5. The van der Waals surface area contributed by atoms with Crippen LogP contribution in [0.1, 0.15) is 15.2 Å². The molecule has 0 saturated heterocycles. The van der Waals surface area contributed by atoms with Crippen LogP contribution >= 0.6 is 11.3 Å². The van der Waals surface area contributed by atoms with Gasteiger partial charge in [-0.25, -0.2) is 22.3 Å². The molecule has 0 saturated carbocycles. The molecular formula is C13H12FNO4S2. The van der Waals surface area contributed by atoms with Gasteiger partial charge in [-0.05, 0) is 29.6 Å². The zero-order valence-electron chi connectivity index (χ0n) is 11.0. The van der Waals surface area contributed by atoms with Crippen molar-refractivity contribution in [3.8, 4) is 0 Å². The highest BCUT2D eigenvalue weighted by atomic mass is 32.2. The molecule has 1 N–H and O–H groups in total. The second-order valence-electron chi connectivity index (χ2n) is 4.04. The summed E-state index contributed by atoms with van der Waals surface area (Å²) in [7, 11) is -2.90. The van der Waals surface area contributed by atoms with Crippen LogP contribution in [0.2, 0.25) is 0 Å². The molecule has 8 heteroatoms. The van der Waals surface area contributed by atoms with Gasteiger partial charge in [0.1, 0.15) is 5.82 Å². The van der Waals surface area contributed by atoms with E-state index in [-0.39, 0.29) is 12.1 Å². The minimum Gasteiger partial charge on any atom is -0.465 e. The van der Waals surface area contributed by atoms with Crippen LogP contribution in [-0.2, 0) is 21.3 Å². The van der Waals surface area contributed by atoms with Crippen LogP contribution < -0.4 is 4.72 Å². The molecule has 0 unspecified atom stereocenters. The Morgan fingerprint density at radius 1 is 1.38 bits per heavy atom. The second kappa shape index (κ2) is 6.33. The van der Waals surface area contributed by atoms with Gasteiger partial charge >= 0.3 is 5.97 Å². The fourth-order valence-corrected chi connectivity index (χ4v) is 3.60. The number of sulfonamides is 1. The van der Waals surface area contributed by atoms with E-state index in [1.165, 1.54) is 11.3 Å². The van der Waals surface area contributed by atoms with Gasteiger partial charge in [0, 0.05) is 11.4 Å². The minimum absolute atomic E-state index is 0.0666. The Morgan fingerprint density at radius 2 is 2.14 bits per heavy atom. The summed E-state index contributed by atoms with van der Waals surface area (Å²) in [6.07, 6.45) is 0. The average molecular weight is 329 g/mol. The van der Waals surface area contributed by atoms with E-state index in [0.29, 0.717) is 0 Å². The molecule has 0 radical (unpaired) electrons. The third kappa shape index (κ3) is 3.66. The summed E-state index contributed by atoms with van der Waals surface area (Å²) in [5.74, 6) is -1.59. The summed E-state index contributed by atoms with van der Waals surface area (Å²) in [6, 6.07) is 6.44. The first kappa shape index (κ1) is 15.6. The number of methoxy groups -OCH3 is 1. The van der Waals surface area contributed by atoms with Crippen LogP contribution in [0.4, 0.5) is 4.39 Å². The van der Waals surface area contributed by atoms with Crippen molar-refractivity contribution in [2.24, 2.45) is 0 Å². The van der Waals surface area contributed by atoms with Gasteiger partial charge in [0.25, 0.3) is 0 Å². The van der Waals surface area contributed by atoms with E-state index in [0.717, 1.165) is 30.2 Å². The Morgan fingerprint density at radius 3 is 2.76 bits per heavy atom. The summed E-state index contributed by atoms with van der Waals surface area (Å²) in [5.41, 5.74) is -0.211. The van der Waals surface area contributed by atoms with Crippen molar-refractivity contribution in [1.29, 1.82) is 0 Å². The number of thiophene rings is 1. The average Bonchev–Trinajstić information content (AvgIpc) is 2.98. The van der Waals surface area contributed by atoms with Gasteiger partial charge < -0.3 is 4.74 Å². The largest absolute Gasteiger partial charge is 0.465 e. The zero-order chi connectivity index (χ0) is 15.5. The number of carbonyl (C=O) groups excluding carboxylic acids is 1. The molecule has 0 aliphatic rings. The topological polar surface area (TPSA) is 72.5 Å². The van der Waals surface area contributed by atoms with Crippen molar-refractivity contribution < 1.29 is 22.3 Å². The molecule has 1 aromatic carbocycles. The normalized spacial score (nSPS) is 11.3. The fraction of sp³-hybridized carbons (Fsp3) is 0.154. The first-order valence-electron chi connectivity index (χ1n) is 5.84. The van der Waals surface area contributed by atoms with Gasteiger partial charge in [-0.2, -0.15) is 0 Å². The Hall–Kier alpha value is -1.77. The molecule has 0 atom stereocenters. The van der Waals surface area contributed by atoms with E-state index < -0.39 is 26.7 Å². The van der Waals surface area contributed by atoms with Gasteiger partial charge in [0.15, 0.2) is 0 Å². The fourth-order valence-electron chi connectivity index (χ4n) is 1.65. The SMILES string of the molecule is COC(=O)c1ccc(F)cc1S(=O)(=O)NCc1cccs1. The Bertz CT molecular complexity index is 742. The quantitative estimate of drug-likeness (QED) is 0.853. The molecular weight excluding hydrogens is 317 g/mol. The molecule has 1 aromatic heterocycles. The van der Waals surface area contributed by atoms with Gasteiger partial charge in [-0.3, -0.25) is 0 Å². The molecule has 0 aliphatic heterocycles. The zero-order valence-corrected chi connectivity index (χ0v) is 12.6.